The van der Waals surface area contributed by atoms with E-state index in [-0.39, 0.29) is 17.7 Å². The molecule has 0 saturated carbocycles. The molecule has 2 rings (SSSR count). The van der Waals surface area contributed by atoms with Crippen LogP contribution in [0.1, 0.15) is 55.6 Å². The van der Waals surface area contributed by atoms with Gasteiger partial charge in [-0.1, -0.05) is 0 Å². The first-order valence-corrected chi connectivity index (χ1v) is 6.96. The van der Waals surface area contributed by atoms with Gasteiger partial charge in [-0.05, 0) is 45.2 Å². The van der Waals surface area contributed by atoms with Crippen LogP contribution in [-0.2, 0) is 4.74 Å². The number of carboxylic acids is 1. The molecule has 0 bridgehead atoms. The summed E-state index contributed by atoms with van der Waals surface area (Å²) in [4.78, 5) is 28.9. The minimum Gasteiger partial charge on any atom is -0.478 e. The molecule has 0 radical (unpaired) electrons. The quantitative estimate of drug-likeness (QED) is 0.906. The third-order valence-electron chi connectivity index (χ3n) is 3.27. The minimum absolute atomic E-state index is 0.128. The molecule has 1 saturated heterocycles. The Bertz CT molecular complexity index is 551. The predicted octanol–water partition coefficient (Wildman–Crippen LogP) is 2.85. The molecule has 0 aromatic carbocycles. The second kappa shape index (κ2) is 5.71. The van der Waals surface area contributed by atoms with Crippen molar-refractivity contribution in [2.75, 3.05) is 6.54 Å². The summed E-state index contributed by atoms with van der Waals surface area (Å²) in [7, 11) is 0. The highest BCUT2D eigenvalue weighted by Gasteiger charge is 2.33. The Morgan fingerprint density at radius 2 is 2.10 bits per heavy atom. The van der Waals surface area contributed by atoms with Crippen LogP contribution in [0.25, 0.3) is 0 Å². The Labute approximate surface area is 123 Å². The third kappa shape index (κ3) is 3.71. The van der Waals surface area contributed by atoms with E-state index in [2.05, 4.69) is 4.98 Å². The van der Waals surface area contributed by atoms with Gasteiger partial charge < -0.3 is 14.7 Å². The number of nitrogens with zero attached hydrogens (tertiary/aromatic N) is 2. The van der Waals surface area contributed by atoms with E-state index in [1.807, 2.05) is 20.8 Å². The molecule has 6 nitrogen and oxygen atoms in total. The Morgan fingerprint density at radius 3 is 2.71 bits per heavy atom. The van der Waals surface area contributed by atoms with Crippen LogP contribution in [-0.4, -0.2) is 39.2 Å². The Balaban J connectivity index is 2.20. The zero-order chi connectivity index (χ0) is 15.6. The average Bonchev–Trinajstić information content (AvgIpc) is 2.86. The smallest absolute Gasteiger partial charge is 0.410 e. The average molecular weight is 292 g/mol. The molecule has 1 aromatic heterocycles. The summed E-state index contributed by atoms with van der Waals surface area (Å²) in [6.45, 7) is 6.07. The molecule has 1 unspecified atom stereocenters. The van der Waals surface area contributed by atoms with E-state index in [1.54, 1.807) is 17.2 Å². The number of aromatic carboxylic acids is 1. The Kier molecular flexibility index (Phi) is 4.16. The molecule has 1 aliphatic heterocycles. The van der Waals surface area contributed by atoms with Gasteiger partial charge in [0.05, 0.1) is 11.6 Å². The zero-order valence-corrected chi connectivity index (χ0v) is 12.5. The van der Waals surface area contributed by atoms with E-state index in [0.29, 0.717) is 6.54 Å². The van der Waals surface area contributed by atoms with Crippen molar-refractivity contribution in [3.05, 3.63) is 29.6 Å². The molecule has 1 aromatic rings. The first-order valence-electron chi connectivity index (χ1n) is 6.96. The van der Waals surface area contributed by atoms with Crippen LogP contribution in [0.2, 0.25) is 0 Å². The lowest BCUT2D eigenvalue weighted by Gasteiger charge is -2.28. The lowest BCUT2D eigenvalue weighted by atomic mass is 10.1. The summed E-state index contributed by atoms with van der Waals surface area (Å²) in [5.74, 6) is -1.02. The fourth-order valence-electron chi connectivity index (χ4n) is 2.41. The summed E-state index contributed by atoms with van der Waals surface area (Å²) in [5, 5.41) is 9.03. The molecule has 1 aliphatic rings. The molecule has 21 heavy (non-hydrogen) atoms. The van der Waals surface area contributed by atoms with E-state index >= 15 is 0 Å². The van der Waals surface area contributed by atoms with Crippen molar-refractivity contribution in [1.29, 1.82) is 0 Å². The fourth-order valence-corrected chi connectivity index (χ4v) is 2.41. The van der Waals surface area contributed by atoms with Crippen molar-refractivity contribution in [3.63, 3.8) is 0 Å². The van der Waals surface area contributed by atoms with Gasteiger partial charge in [-0.3, -0.25) is 4.98 Å². The molecule has 0 aliphatic carbocycles. The number of amides is 1. The fraction of sp³-hybridized carbons (Fsp3) is 0.533. The summed E-state index contributed by atoms with van der Waals surface area (Å²) in [5.41, 5.74) is 0.313. The number of ether oxygens (including phenoxy) is 1. The highest BCUT2D eigenvalue weighted by Crippen LogP contribution is 2.33. The van der Waals surface area contributed by atoms with Gasteiger partial charge in [-0.2, -0.15) is 0 Å². The van der Waals surface area contributed by atoms with Crippen molar-refractivity contribution in [1.82, 2.24) is 9.88 Å². The normalized spacial score (nSPS) is 18.6. The maximum Gasteiger partial charge on any atom is 0.410 e. The Hall–Kier alpha value is -2.11. The highest BCUT2D eigenvalue weighted by molar-refractivity contribution is 5.87. The van der Waals surface area contributed by atoms with Gasteiger partial charge in [0.25, 0.3) is 0 Å². The second-order valence-electron chi connectivity index (χ2n) is 6.14. The monoisotopic (exact) mass is 292 g/mol. The number of hydrogen-bond donors (Lipinski definition) is 1. The van der Waals surface area contributed by atoms with Crippen molar-refractivity contribution in [2.24, 2.45) is 0 Å². The Morgan fingerprint density at radius 1 is 1.38 bits per heavy atom. The summed E-state index contributed by atoms with van der Waals surface area (Å²) in [6.07, 6.45) is 4.19. The lowest BCUT2D eigenvalue weighted by Crippen LogP contribution is -2.36. The molecular weight excluding hydrogens is 272 g/mol. The zero-order valence-electron chi connectivity index (χ0n) is 12.5. The van der Waals surface area contributed by atoms with Crippen LogP contribution in [0.4, 0.5) is 4.79 Å². The van der Waals surface area contributed by atoms with Crippen LogP contribution < -0.4 is 0 Å². The molecule has 1 N–H and O–H groups in total. The molecular formula is C15H20N2O4. The largest absolute Gasteiger partial charge is 0.478 e. The van der Waals surface area contributed by atoms with Crippen molar-refractivity contribution in [2.45, 2.75) is 45.3 Å². The van der Waals surface area contributed by atoms with Crippen LogP contribution in [0.15, 0.2) is 18.5 Å². The van der Waals surface area contributed by atoms with E-state index < -0.39 is 11.6 Å². The molecule has 0 spiro atoms. The van der Waals surface area contributed by atoms with Crippen molar-refractivity contribution in [3.8, 4) is 0 Å². The summed E-state index contributed by atoms with van der Waals surface area (Å²) < 4.78 is 5.40. The SMILES string of the molecule is CC(C)(C)OC(=O)N1CCCC1c1cncc(C(=O)O)c1. The molecule has 1 amide bonds. The molecule has 1 fully saturated rings. The standard InChI is InChI=1S/C15H20N2O4/c1-15(2,3)21-14(20)17-6-4-5-12(17)10-7-11(13(18)19)9-16-8-10/h7-9,12H,4-6H2,1-3H3,(H,18,19). The van der Waals surface area contributed by atoms with E-state index in [9.17, 15) is 9.59 Å². The maximum atomic E-state index is 12.2. The highest BCUT2D eigenvalue weighted by atomic mass is 16.6. The van der Waals surface area contributed by atoms with Crippen LogP contribution in [0, 0.1) is 0 Å². The first kappa shape index (κ1) is 15.3. The van der Waals surface area contributed by atoms with E-state index in [0.717, 1.165) is 18.4 Å². The second-order valence-corrected chi connectivity index (χ2v) is 6.14. The van der Waals surface area contributed by atoms with Crippen LogP contribution >= 0.6 is 0 Å². The number of pyridine rings is 1. The minimum atomic E-state index is -1.02. The number of carbonyl (C=O) groups excluding carboxylic acids is 1. The molecule has 6 heteroatoms. The van der Waals surface area contributed by atoms with Gasteiger partial charge in [0.1, 0.15) is 5.60 Å². The van der Waals surface area contributed by atoms with Crippen molar-refractivity contribution >= 4 is 12.1 Å². The third-order valence-corrected chi connectivity index (χ3v) is 3.27. The number of likely N-dealkylation sites (tertiary alicyclic amines) is 1. The van der Waals surface area contributed by atoms with Gasteiger partial charge in [0, 0.05) is 18.9 Å². The maximum absolute atomic E-state index is 12.2. The van der Waals surface area contributed by atoms with E-state index in [4.69, 9.17) is 9.84 Å². The first-order chi connectivity index (χ1) is 9.78. The van der Waals surface area contributed by atoms with Crippen LogP contribution in [0.3, 0.4) is 0 Å². The van der Waals surface area contributed by atoms with Gasteiger partial charge in [-0.15, -0.1) is 0 Å². The summed E-state index contributed by atoms with van der Waals surface area (Å²) in [6, 6.07) is 1.40. The number of rotatable bonds is 2. The van der Waals surface area contributed by atoms with E-state index in [1.165, 1.54) is 6.20 Å². The van der Waals surface area contributed by atoms with Gasteiger partial charge in [0.2, 0.25) is 0 Å². The summed E-state index contributed by atoms with van der Waals surface area (Å²) >= 11 is 0. The number of carboxylic acid groups (broad SMARTS) is 1. The predicted molar refractivity (Wildman–Crippen MR) is 76.1 cm³/mol. The number of hydrogen-bond acceptors (Lipinski definition) is 4. The number of carbonyl (C=O) groups is 2. The molecule has 1 atom stereocenters. The topological polar surface area (TPSA) is 79.7 Å². The lowest BCUT2D eigenvalue weighted by molar-refractivity contribution is 0.0224. The van der Waals surface area contributed by atoms with Gasteiger partial charge >= 0.3 is 12.1 Å². The van der Waals surface area contributed by atoms with Crippen molar-refractivity contribution < 1.29 is 19.4 Å². The number of aromatic nitrogens is 1. The van der Waals surface area contributed by atoms with Gasteiger partial charge in [-0.25, -0.2) is 9.59 Å². The molecule has 114 valence electrons. The van der Waals surface area contributed by atoms with Gasteiger partial charge in [0.15, 0.2) is 0 Å². The molecule has 2 heterocycles. The van der Waals surface area contributed by atoms with Crippen LogP contribution in [0.5, 0.6) is 0 Å².